The van der Waals surface area contributed by atoms with Crippen LogP contribution >= 0.6 is 34.8 Å². The van der Waals surface area contributed by atoms with Gasteiger partial charge in [-0.25, -0.2) is 8.78 Å². The van der Waals surface area contributed by atoms with Crippen molar-refractivity contribution in [1.82, 2.24) is 0 Å². The number of amides is 1. The van der Waals surface area contributed by atoms with Crippen molar-refractivity contribution in [2.24, 2.45) is 5.73 Å². The van der Waals surface area contributed by atoms with Crippen LogP contribution in [0.1, 0.15) is 15.9 Å². The summed E-state index contributed by atoms with van der Waals surface area (Å²) >= 11 is 6.69. The molecule has 7 heteroatoms. The van der Waals surface area contributed by atoms with E-state index >= 15 is 0 Å². The summed E-state index contributed by atoms with van der Waals surface area (Å²) in [5.74, 6) is -1.39. The fourth-order valence-corrected chi connectivity index (χ4v) is 2.58. The molecule has 0 radical (unpaired) electrons. The first-order valence-corrected chi connectivity index (χ1v) is 7.23. The summed E-state index contributed by atoms with van der Waals surface area (Å²) in [5, 5.41) is 2.60. The van der Waals surface area contributed by atoms with Crippen LogP contribution < -0.4 is 11.1 Å². The van der Waals surface area contributed by atoms with Crippen LogP contribution in [0, 0.1) is 15.2 Å². The average molecular weight is 418 g/mol. The molecule has 0 fully saturated rings. The Morgan fingerprint density at radius 2 is 1.71 bits per heavy atom. The second-order valence-corrected chi connectivity index (χ2v) is 5.73. The van der Waals surface area contributed by atoms with E-state index in [1.54, 1.807) is 0 Å². The molecule has 0 saturated heterocycles. The van der Waals surface area contributed by atoms with Gasteiger partial charge in [0.15, 0.2) is 0 Å². The van der Waals surface area contributed by atoms with Crippen molar-refractivity contribution in [3.05, 3.63) is 62.7 Å². The van der Waals surface area contributed by atoms with Crippen LogP contribution in [0.3, 0.4) is 0 Å². The third kappa shape index (κ3) is 3.73. The molecule has 0 aliphatic rings. The van der Waals surface area contributed by atoms with Crippen LogP contribution in [0.15, 0.2) is 36.4 Å². The number of thiocarbonyl (C=S) groups is 1. The number of anilines is 1. The van der Waals surface area contributed by atoms with Crippen molar-refractivity contribution in [1.29, 1.82) is 0 Å². The molecule has 21 heavy (non-hydrogen) atoms. The third-order valence-electron chi connectivity index (χ3n) is 2.67. The molecule has 0 aliphatic heterocycles. The Balaban J connectivity index is 2.34. The SMILES string of the molecule is NC(=S)c1cc(F)ccc1NC(=O)c1ccc(F)cc1I. The largest absolute Gasteiger partial charge is 0.389 e. The van der Waals surface area contributed by atoms with Gasteiger partial charge in [0.25, 0.3) is 5.91 Å². The van der Waals surface area contributed by atoms with E-state index in [4.69, 9.17) is 18.0 Å². The number of carbonyl (C=O) groups excluding carboxylic acids is 1. The van der Waals surface area contributed by atoms with Crippen molar-refractivity contribution >= 4 is 51.4 Å². The monoisotopic (exact) mass is 418 g/mol. The molecule has 108 valence electrons. The minimum atomic E-state index is -0.507. The van der Waals surface area contributed by atoms with Gasteiger partial charge in [0.2, 0.25) is 0 Å². The molecule has 0 saturated carbocycles. The van der Waals surface area contributed by atoms with E-state index in [2.05, 4.69) is 5.32 Å². The molecule has 0 aliphatic carbocycles. The summed E-state index contributed by atoms with van der Waals surface area (Å²) in [6, 6.07) is 7.51. The molecule has 0 unspecified atom stereocenters. The first-order valence-electron chi connectivity index (χ1n) is 5.74. The molecule has 2 aromatic carbocycles. The highest BCUT2D eigenvalue weighted by atomic mass is 127. The molecular formula is C14H9F2IN2OS. The van der Waals surface area contributed by atoms with Crippen molar-refractivity contribution in [2.75, 3.05) is 5.32 Å². The topological polar surface area (TPSA) is 55.1 Å². The molecule has 0 bridgehead atoms. The number of hydrogen-bond donors (Lipinski definition) is 2. The van der Waals surface area contributed by atoms with E-state index in [9.17, 15) is 13.6 Å². The average Bonchev–Trinajstić information content (AvgIpc) is 2.40. The Kier molecular flexibility index (Phi) is 4.84. The number of hydrogen-bond acceptors (Lipinski definition) is 2. The highest BCUT2D eigenvalue weighted by Crippen LogP contribution is 2.20. The standard InChI is InChI=1S/C14H9F2IN2OS/c15-7-2-4-12(10(5-7)13(18)21)19-14(20)9-3-1-8(16)6-11(9)17/h1-6H,(H2,18,21)(H,19,20). The molecule has 0 heterocycles. The van der Waals surface area contributed by atoms with Crippen molar-refractivity contribution in [2.45, 2.75) is 0 Å². The van der Waals surface area contributed by atoms with Gasteiger partial charge >= 0.3 is 0 Å². The van der Waals surface area contributed by atoms with Gasteiger partial charge in [-0.05, 0) is 59.0 Å². The van der Waals surface area contributed by atoms with Gasteiger partial charge in [-0.2, -0.15) is 0 Å². The molecular weight excluding hydrogens is 409 g/mol. The first kappa shape index (κ1) is 15.8. The number of benzene rings is 2. The summed E-state index contributed by atoms with van der Waals surface area (Å²) < 4.78 is 26.7. The van der Waals surface area contributed by atoms with Crippen LogP contribution in [0.5, 0.6) is 0 Å². The van der Waals surface area contributed by atoms with Crippen molar-refractivity contribution in [3.63, 3.8) is 0 Å². The second-order valence-electron chi connectivity index (χ2n) is 4.13. The summed E-state index contributed by atoms with van der Waals surface area (Å²) in [6.45, 7) is 0. The van der Waals surface area contributed by atoms with Gasteiger partial charge in [-0.3, -0.25) is 4.79 Å². The van der Waals surface area contributed by atoms with Crippen molar-refractivity contribution in [3.8, 4) is 0 Å². The van der Waals surface area contributed by atoms with Gasteiger partial charge in [0.1, 0.15) is 16.6 Å². The minimum absolute atomic E-state index is 0.0291. The van der Waals surface area contributed by atoms with E-state index < -0.39 is 17.5 Å². The zero-order valence-corrected chi connectivity index (χ0v) is 13.5. The quantitative estimate of drug-likeness (QED) is 0.593. The normalized spacial score (nSPS) is 10.2. The fraction of sp³-hybridized carbons (Fsp3) is 0. The van der Waals surface area contributed by atoms with E-state index in [1.807, 2.05) is 22.6 Å². The maximum Gasteiger partial charge on any atom is 0.256 e. The number of rotatable bonds is 3. The van der Waals surface area contributed by atoms with E-state index in [0.29, 0.717) is 14.8 Å². The number of nitrogens with two attached hydrogens (primary N) is 1. The fourth-order valence-electron chi connectivity index (χ4n) is 1.69. The molecule has 0 atom stereocenters. The Hall–Kier alpha value is -1.61. The Morgan fingerprint density at radius 1 is 1.10 bits per heavy atom. The number of nitrogens with one attached hydrogen (secondary N) is 1. The summed E-state index contributed by atoms with van der Waals surface area (Å²) in [4.78, 5) is 12.2. The van der Waals surface area contributed by atoms with Crippen LogP contribution in [0.4, 0.5) is 14.5 Å². The lowest BCUT2D eigenvalue weighted by Crippen LogP contribution is -2.18. The number of halogens is 3. The molecule has 3 nitrogen and oxygen atoms in total. The van der Waals surface area contributed by atoms with Crippen LogP contribution in [-0.4, -0.2) is 10.9 Å². The molecule has 2 aromatic rings. The van der Waals surface area contributed by atoms with Crippen LogP contribution in [-0.2, 0) is 0 Å². The van der Waals surface area contributed by atoms with Gasteiger partial charge in [0, 0.05) is 9.13 Å². The minimum Gasteiger partial charge on any atom is -0.389 e. The van der Waals surface area contributed by atoms with E-state index in [1.165, 1.54) is 30.3 Å². The molecule has 1 amide bonds. The highest BCUT2D eigenvalue weighted by Gasteiger charge is 2.14. The zero-order chi connectivity index (χ0) is 15.6. The third-order valence-corrected chi connectivity index (χ3v) is 3.78. The summed E-state index contributed by atoms with van der Waals surface area (Å²) in [6.07, 6.45) is 0. The van der Waals surface area contributed by atoms with Gasteiger partial charge in [0.05, 0.1) is 11.3 Å². The lowest BCUT2D eigenvalue weighted by atomic mass is 10.1. The summed E-state index contributed by atoms with van der Waals surface area (Å²) in [7, 11) is 0. The predicted octanol–water partition coefficient (Wildman–Crippen LogP) is 3.46. The Morgan fingerprint density at radius 3 is 2.33 bits per heavy atom. The lowest BCUT2D eigenvalue weighted by Gasteiger charge is -2.11. The molecule has 0 spiro atoms. The van der Waals surface area contributed by atoms with Gasteiger partial charge in [-0.1, -0.05) is 12.2 Å². The van der Waals surface area contributed by atoms with Gasteiger partial charge < -0.3 is 11.1 Å². The maximum absolute atomic E-state index is 13.2. The highest BCUT2D eigenvalue weighted by molar-refractivity contribution is 14.1. The Bertz CT molecular complexity index is 737. The number of carbonyl (C=O) groups is 1. The van der Waals surface area contributed by atoms with Crippen molar-refractivity contribution < 1.29 is 13.6 Å². The maximum atomic E-state index is 13.2. The van der Waals surface area contributed by atoms with E-state index in [-0.39, 0.29) is 10.6 Å². The molecule has 0 aromatic heterocycles. The van der Waals surface area contributed by atoms with Crippen LogP contribution in [0.2, 0.25) is 0 Å². The van der Waals surface area contributed by atoms with Gasteiger partial charge in [-0.15, -0.1) is 0 Å². The van der Waals surface area contributed by atoms with Crippen LogP contribution in [0.25, 0.3) is 0 Å². The second kappa shape index (κ2) is 6.44. The summed E-state index contributed by atoms with van der Waals surface area (Å²) in [5.41, 5.74) is 6.34. The Labute approximate surface area is 138 Å². The molecule has 2 rings (SSSR count). The van der Waals surface area contributed by atoms with E-state index in [0.717, 1.165) is 6.07 Å². The smallest absolute Gasteiger partial charge is 0.256 e. The molecule has 3 N–H and O–H groups in total. The lowest BCUT2D eigenvalue weighted by molar-refractivity contribution is 0.102. The zero-order valence-electron chi connectivity index (χ0n) is 10.5. The predicted molar refractivity (Wildman–Crippen MR) is 89.4 cm³/mol. The first-order chi connectivity index (χ1) is 9.88.